The maximum absolute atomic E-state index is 5.51. The third kappa shape index (κ3) is 3.08. The summed E-state index contributed by atoms with van der Waals surface area (Å²) in [7, 11) is 0. The number of anilines is 1. The molecule has 0 fully saturated rings. The van der Waals surface area contributed by atoms with Crippen molar-refractivity contribution < 1.29 is 4.84 Å². The molecule has 0 amide bonds. The van der Waals surface area contributed by atoms with Crippen molar-refractivity contribution in [3.63, 3.8) is 0 Å². The van der Waals surface area contributed by atoms with Crippen molar-refractivity contribution in [2.45, 2.75) is 6.61 Å². The predicted octanol–water partition coefficient (Wildman–Crippen LogP) is 1.25. The number of nitrogens with two attached hydrogens (primary N) is 1. The summed E-state index contributed by atoms with van der Waals surface area (Å²) in [5, 5.41) is 8.51. The first-order valence-electron chi connectivity index (χ1n) is 4.56. The van der Waals surface area contributed by atoms with Gasteiger partial charge in [-0.1, -0.05) is 17.4 Å². The van der Waals surface area contributed by atoms with Crippen LogP contribution in [0.15, 0.2) is 23.1 Å². The SMILES string of the molecule is Nc1nc(/C([C]=S)=N\OCc2c[nH]cn2)cs1. The van der Waals surface area contributed by atoms with Crippen LogP contribution in [0.2, 0.25) is 0 Å². The highest BCUT2D eigenvalue weighted by atomic mass is 32.1. The van der Waals surface area contributed by atoms with Crippen LogP contribution in [-0.4, -0.2) is 26.0 Å². The number of aromatic amines is 1. The van der Waals surface area contributed by atoms with Gasteiger partial charge in [-0.3, -0.25) is 0 Å². The van der Waals surface area contributed by atoms with E-state index >= 15 is 0 Å². The smallest absolute Gasteiger partial charge is 0.180 e. The first-order valence-corrected chi connectivity index (χ1v) is 5.85. The molecule has 17 heavy (non-hydrogen) atoms. The Morgan fingerprint density at radius 1 is 1.71 bits per heavy atom. The van der Waals surface area contributed by atoms with Crippen LogP contribution >= 0.6 is 23.6 Å². The van der Waals surface area contributed by atoms with E-state index in [-0.39, 0.29) is 6.61 Å². The lowest BCUT2D eigenvalue weighted by Crippen LogP contribution is -2.03. The highest BCUT2D eigenvalue weighted by Gasteiger charge is 2.06. The number of H-pyrrole nitrogens is 1. The van der Waals surface area contributed by atoms with Crippen molar-refractivity contribution in [3.8, 4) is 0 Å². The van der Waals surface area contributed by atoms with Crippen molar-refractivity contribution in [1.82, 2.24) is 15.0 Å². The summed E-state index contributed by atoms with van der Waals surface area (Å²) in [5.41, 5.74) is 7.17. The normalized spacial score (nSPS) is 11.4. The summed E-state index contributed by atoms with van der Waals surface area (Å²) in [6, 6.07) is 0. The van der Waals surface area contributed by atoms with Gasteiger partial charge in [-0.2, -0.15) is 0 Å². The first kappa shape index (κ1) is 11.7. The lowest BCUT2D eigenvalue weighted by molar-refractivity contribution is 0.129. The molecule has 0 bridgehead atoms. The van der Waals surface area contributed by atoms with E-state index in [2.05, 4.69) is 25.5 Å². The number of nitrogens with zero attached hydrogens (tertiary/aromatic N) is 3. The topological polar surface area (TPSA) is 89.2 Å². The maximum atomic E-state index is 5.51. The second kappa shape index (κ2) is 5.51. The van der Waals surface area contributed by atoms with Crippen LogP contribution in [0.5, 0.6) is 0 Å². The number of nitrogen functional groups attached to an aromatic ring is 1. The predicted molar refractivity (Wildman–Crippen MR) is 69.0 cm³/mol. The fourth-order valence-electron chi connectivity index (χ4n) is 1.05. The molecule has 3 N–H and O–H groups in total. The fourth-order valence-corrected chi connectivity index (χ4v) is 1.74. The lowest BCUT2D eigenvalue weighted by atomic mass is 10.3. The minimum Gasteiger partial charge on any atom is -0.389 e. The lowest BCUT2D eigenvalue weighted by Gasteiger charge is -1.97. The third-order valence-electron chi connectivity index (χ3n) is 1.78. The quantitative estimate of drug-likeness (QED) is 0.483. The standard InChI is InChI=1S/C9H8N5OS2/c10-9-13-8(4-17-9)7(3-16)14-15-2-6-1-11-5-12-6/h1,4-5H,2H2,(H2,10,13)(H,11,12)/b14-7-. The number of hydrogen-bond acceptors (Lipinski definition) is 7. The van der Waals surface area contributed by atoms with E-state index in [9.17, 15) is 0 Å². The molecule has 2 rings (SSSR count). The van der Waals surface area contributed by atoms with Gasteiger partial charge in [-0.05, 0) is 0 Å². The van der Waals surface area contributed by atoms with Gasteiger partial charge in [0.2, 0.25) is 0 Å². The fraction of sp³-hybridized carbons (Fsp3) is 0.111. The molecular formula is C9H8N5OS2. The highest BCUT2D eigenvalue weighted by Crippen LogP contribution is 2.11. The van der Waals surface area contributed by atoms with E-state index < -0.39 is 0 Å². The van der Waals surface area contributed by atoms with E-state index in [0.29, 0.717) is 16.5 Å². The van der Waals surface area contributed by atoms with E-state index in [0.717, 1.165) is 5.69 Å². The Bertz CT molecular complexity index is 519. The summed E-state index contributed by atoms with van der Waals surface area (Å²) in [6.45, 7) is 0.254. The molecule has 2 aromatic heterocycles. The zero-order chi connectivity index (χ0) is 12.1. The maximum Gasteiger partial charge on any atom is 0.180 e. The van der Waals surface area contributed by atoms with Crippen molar-refractivity contribution >= 4 is 39.8 Å². The number of nitrogens with one attached hydrogen (secondary N) is 1. The molecule has 0 saturated carbocycles. The molecule has 1 radical (unpaired) electrons. The van der Waals surface area contributed by atoms with Gasteiger partial charge in [0.05, 0.1) is 17.4 Å². The monoisotopic (exact) mass is 266 g/mol. The number of thiazole rings is 1. The van der Waals surface area contributed by atoms with Crippen molar-refractivity contribution in [3.05, 3.63) is 29.3 Å². The molecule has 2 aromatic rings. The molecule has 0 spiro atoms. The second-order valence-electron chi connectivity index (χ2n) is 2.95. The van der Waals surface area contributed by atoms with Crippen molar-refractivity contribution in [2.75, 3.05) is 5.73 Å². The number of oxime groups is 1. The molecule has 0 unspecified atom stereocenters. The third-order valence-corrected chi connectivity index (χ3v) is 2.65. The average molecular weight is 266 g/mol. The van der Waals surface area contributed by atoms with Gasteiger partial charge < -0.3 is 15.6 Å². The Labute approximate surface area is 107 Å². The van der Waals surface area contributed by atoms with Crippen LogP contribution in [0.4, 0.5) is 5.13 Å². The van der Waals surface area contributed by atoms with Gasteiger partial charge in [0.15, 0.2) is 11.7 Å². The molecule has 0 atom stereocenters. The van der Waals surface area contributed by atoms with Gasteiger partial charge in [-0.25, -0.2) is 9.97 Å². The average Bonchev–Trinajstić information content (AvgIpc) is 2.96. The zero-order valence-corrected chi connectivity index (χ0v) is 10.2. The minimum absolute atomic E-state index is 0.254. The van der Waals surface area contributed by atoms with Crippen LogP contribution in [0.3, 0.4) is 0 Å². The largest absolute Gasteiger partial charge is 0.389 e. The summed E-state index contributed by atoms with van der Waals surface area (Å²) in [4.78, 5) is 15.9. The van der Waals surface area contributed by atoms with E-state index in [4.69, 9.17) is 22.8 Å². The molecule has 0 aliphatic carbocycles. The van der Waals surface area contributed by atoms with Crippen LogP contribution in [0.1, 0.15) is 11.4 Å². The molecule has 87 valence electrons. The van der Waals surface area contributed by atoms with Crippen LogP contribution in [-0.2, 0) is 11.4 Å². The van der Waals surface area contributed by atoms with Crippen molar-refractivity contribution in [1.29, 1.82) is 0 Å². The van der Waals surface area contributed by atoms with Crippen LogP contribution in [0, 0.1) is 0 Å². The van der Waals surface area contributed by atoms with Crippen molar-refractivity contribution in [2.24, 2.45) is 5.16 Å². The Hall–Kier alpha value is -1.80. The molecular weight excluding hydrogens is 258 g/mol. The van der Waals surface area contributed by atoms with Gasteiger partial charge in [0, 0.05) is 11.6 Å². The van der Waals surface area contributed by atoms with Gasteiger partial charge >= 0.3 is 0 Å². The first-order chi connectivity index (χ1) is 8.29. The Balaban J connectivity index is 2.01. The number of hydrogen-bond donors (Lipinski definition) is 2. The molecule has 0 aliphatic heterocycles. The van der Waals surface area contributed by atoms with Gasteiger partial charge in [0.1, 0.15) is 11.4 Å². The number of rotatable bonds is 5. The van der Waals surface area contributed by atoms with Crippen LogP contribution in [0.25, 0.3) is 0 Å². The van der Waals surface area contributed by atoms with Gasteiger partial charge in [-0.15, -0.1) is 11.3 Å². The number of aromatic nitrogens is 3. The number of imidazole rings is 1. The molecule has 0 aliphatic rings. The Morgan fingerprint density at radius 3 is 3.18 bits per heavy atom. The summed E-state index contributed by atoms with van der Waals surface area (Å²) >= 11 is 6.03. The Morgan fingerprint density at radius 2 is 2.59 bits per heavy atom. The van der Waals surface area contributed by atoms with E-state index in [1.807, 2.05) is 0 Å². The summed E-state index contributed by atoms with van der Waals surface area (Å²) in [6.07, 6.45) is 3.28. The minimum atomic E-state index is 0.254. The molecule has 2 heterocycles. The molecule has 6 nitrogen and oxygen atoms in total. The molecule has 0 aromatic carbocycles. The van der Waals surface area contributed by atoms with Crippen LogP contribution < -0.4 is 5.73 Å². The highest BCUT2D eigenvalue weighted by molar-refractivity contribution is 7.80. The molecule has 0 saturated heterocycles. The Kier molecular flexibility index (Phi) is 3.78. The zero-order valence-electron chi connectivity index (χ0n) is 8.58. The second-order valence-corrected chi connectivity index (χ2v) is 4.04. The summed E-state index contributed by atoms with van der Waals surface area (Å²) < 4.78 is 0. The van der Waals surface area contributed by atoms with E-state index in [1.54, 1.807) is 17.9 Å². The van der Waals surface area contributed by atoms with E-state index in [1.165, 1.54) is 11.3 Å². The molecule has 8 heteroatoms. The van der Waals surface area contributed by atoms with Gasteiger partial charge in [0.25, 0.3) is 0 Å². The summed E-state index contributed by atoms with van der Waals surface area (Å²) in [5.74, 6) is 0. The number of thiocarbonyl (C=S) groups is 1.